The second-order valence-corrected chi connectivity index (χ2v) is 5.31. The maximum absolute atomic E-state index is 6.01. The highest BCUT2D eigenvalue weighted by Gasteiger charge is 2.16. The zero-order valence-electron chi connectivity index (χ0n) is 11.7. The Balaban J connectivity index is 2.41. The second kappa shape index (κ2) is 4.97. The van der Waals surface area contributed by atoms with Gasteiger partial charge in [0.1, 0.15) is 11.5 Å². The first-order chi connectivity index (χ1) is 8.87. The van der Waals surface area contributed by atoms with Crippen LogP contribution in [-0.4, -0.2) is 32.8 Å². The van der Waals surface area contributed by atoms with E-state index in [4.69, 9.17) is 10.5 Å². The minimum atomic E-state index is -0.370. The minimum Gasteiger partial charge on any atom is -0.481 e. The number of nitrogens with zero attached hydrogens (tertiary/aromatic N) is 3. The van der Waals surface area contributed by atoms with Crippen LogP contribution >= 0.6 is 0 Å². The fraction of sp³-hybridized carbons (Fsp3) is 0.462. The van der Waals surface area contributed by atoms with Crippen molar-refractivity contribution in [3.05, 3.63) is 23.7 Å². The first kappa shape index (κ1) is 13.5. The maximum atomic E-state index is 6.01. The number of hydrogen-bond acceptors (Lipinski definition) is 5. The third kappa shape index (κ3) is 3.51. The summed E-state index contributed by atoms with van der Waals surface area (Å²) in [5.74, 6) is 1.17. The Labute approximate surface area is 112 Å². The molecule has 0 amide bonds. The Morgan fingerprint density at radius 1 is 1.26 bits per heavy atom. The van der Waals surface area contributed by atoms with Gasteiger partial charge in [-0.2, -0.15) is 10.1 Å². The summed E-state index contributed by atoms with van der Waals surface area (Å²) in [6.07, 6.45) is 0.570. The summed E-state index contributed by atoms with van der Waals surface area (Å²) in [7, 11) is 1.58. The summed E-state index contributed by atoms with van der Waals surface area (Å²) in [5.41, 5.74) is 8.12. The molecule has 2 aromatic rings. The molecule has 0 saturated carbocycles. The van der Waals surface area contributed by atoms with Crippen molar-refractivity contribution >= 4 is 0 Å². The van der Waals surface area contributed by atoms with Crippen molar-refractivity contribution in [2.24, 2.45) is 5.73 Å². The standard InChI is InChI=1S/C13H19N5O/c1-8-5-10(18-17-8)9-6-12(19-4)16-11(15-9)7-13(2,3)14/h5-6H,7,14H2,1-4H3,(H,17,18). The molecular weight excluding hydrogens is 242 g/mol. The average molecular weight is 261 g/mol. The van der Waals surface area contributed by atoms with E-state index >= 15 is 0 Å². The van der Waals surface area contributed by atoms with Gasteiger partial charge in [0.05, 0.1) is 12.8 Å². The van der Waals surface area contributed by atoms with Crippen LogP contribution in [-0.2, 0) is 6.42 Å². The number of nitrogens with two attached hydrogens (primary N) is 1. The molecule has 0 aliphatic heterocycles. The first-order valence-electron chi connectivity index (χ1n) is 6.10. The molecule has 19 heavy (non-hydrogen) atoms. The zero-order chi connectivity index (χ0) is 14.0. The van der Waals surface area contributed by atoms with Crippen molar-refractivity contribution in [2.45, 2.75) is 32.7 Å². The molecule has 0 aliphatic carbocycles. The molecule has 2 heterocycles. The summed E-state index contributed by atoms with van der Waals surface area (Å²) < 4.78 is 5.21. The Kier molecular flexibility index (Phi) is 3.53. The SMILES string of the molecule is COc1cc(-c2cc(C)[nH]n2)nc(CC(C)(C)N)n1. The van der Waals surface area contributed by atoms with Crippen LogP contribution in [0.15, 0.2) is 12.1 Å². The van der Waals surface area contributed by atoms with Crippen LogP contribution in [0.4, 0.5) is 0 Å². The van der Waals surface area contributed by atoms with Crippen molar-refractivity contribution in [1.82, 2.24) is 20.2 Å². The fourth-order valence-corrected chi connectivity index (χ4v) is 1.74. The van der Waals surface area contributed by atoms with Crippen LogP contribution in [0.5, 0.6) is 5.88 Å². The van der Waals surface area contributed by atoms with E-state index in [1.165, 1.54) is 0 Å². The lowest BCUT2D eigenvalue weighted by Crippen LogP contribution is -2.35. The van der Waals surface area contributed by atoms with Gasteiger partial charge < -0.3 is 10.5 Å². The van der Waals surface area contributed by atoms with Gasteiger partial charge in [0, 0.05) is 23.7 Å². The summed E-state index contributed by atoms with van der Waals surface area (Å²) in [6.45, 7) is 5.82. The Morgan fingerprint density at radius 3 is 2.53 bits per heavy atom. The average Bonchev–Trinajstić information content (AvgIpc) is 2.73. The van der Waals surface area contributed by atoms with E-state index in [-0.39, 0.29) is 5.54 Å². The lowest BCUT2D eigenvalue weighted by molar-refractivity contribution is 0.392. The molecule has 6 heteroatoms. The molecule has 2 aromatic heterocycles. The fourth-order valence-electron chi connectivity index (χ4n) is 1.74. The molecule has 6 nitrogen and oxygen atoms in total. The van der Waals surface area contributed by atoms with Gasteiger partial charge in [-0.1, -0.05) is 0 Å². The third-order valence-corrected chi connectivity index (χ3v) is 2.54. The molecule has 0 aromatic carbocycles. The molecule has 3 N–H and O–H groups in total. The number of aromatic amines is 1. The van der Waals surface area contributed by atoms with Crippen molar-refractivity contribution in [3.8, 4) is 17.3 Å². The smallest absolute Gasteiger partial charge is 0.216 e. The van der Waals surface area contributed by atoms with Crippen LogP contribution in [0.25, 0.3) is 11.4 Å². The Hall–Kier alpha value is -1.95. The van der Waals surface area contributed by atoms with Gasteiger partial charge in [-0.25, -0.2) is 4.98 Å². The quantitative estimate of drug-likeness (QED) is 0.869. The van der Waals surface area contributed by atoms with Gasteiger partial charge in [-0.15, -0.1) is 0 Å². The highest BCUT2D eigenvalue weighted by molar-refractivity contribution is 5.55. The van der Waals surface area contributed by atoms with Crippen LogP contribution < -0.4 is 10.5 Å². The van der Waals surface area contributed by atoms with Gasteiger partial charge in [0.15, 0.2) is 0 Å². The molecule has 0 saturated heterocycles. The van der Waals surface area contributed by atoms with E-state index in [1.54, 1.807) is 13.2 Å². The number of rotatable bonds is 4. The van der Waals surface area contributed by atoms with E-state index in [1.807, 2.05) is 26.8 Å². The second-order valence-electron chi connectivity index (χ2n) is 5.31. The number of ether oxygens (including phenoxy) is 1. The highest BCUT2D eigenvalue weighted by atomic mass is 16.5. The molecule has 102 valence electrons. The van der Waals surface area contributed by atoms with Crippen LogP contribution in [0.2, 0.25) is 0 Å². The molecule has 0 aliphatic rings. The van der Waals surface area contributed by atoms with Crippen molar-refractivity contribution < 1.29 is 4.74 Å². The highest BCUT2D eigenvalue weighted by Crippen LogP contribution is 2.20. The minimum absolute atomic E-state index is 0.370. The topological polar surface area (TPSA) is 89.7 Å². The monoisotopic (exact) mass is 261 g/mol. The number of aromatic nitrogens is 4. The predicted octanol–water partition coefficient (Wildman–Crippen LogP) is 1.46. The number of aryl methyl sites for hydroxylation is 1. The van der Waals surface area contributed by atoms with E-state index in [2.05, 4.69) is 20.2 Å². The Morgan fingerprint density at radius 2 is 2.00 bits per heavy atom. The molecule has 0 radical (unpaired) electrons. The summed E-state index contributed by atoms with van der Waals surface area (Å²) in [5, 5.41) is 7.09. The van der Waals surface area contributed by atoms with E-state index in [0.29, 0.717) is 18.1 Å². The molecule has 0 bridgehead atoms. The first-order valence-corrected chi connectivity index (χ1v) is 6.10. The van der Waals surface area contributed by atoms with Gasteiger partial charge in [0.25, 0.3) is 0 Å². The maximum Gasteiger partial charge on any atom is 0.216 e. The molecule has 0 atom stereocenters. The largest absolute Gasteiger partial charge is 0.481 e. The number of nitrogens with one attached hydrogen (secondary N) is 1. The van der Waals surface area contributed by atoms with E-state index < -0.39 is 0 Å². The third-order valence-electron chi connectivity index (χ3n) is 2.54. The van der Waals surface area contributed by atoms with Crippen molar-refractivity contribution in [2.75, 3.05) is 7.11 Å². The normalized spacial score (nSPS) is 11.6. The zero-order valence-corrected chi connectivity index (χ0v) is 11.7. The summed E-state index contributed by atoms with van der Waals surface area (Å²) in [6, 6.07) is 3.70. The summed E-state index contributed by atoms with van der Waals surface area (Å²) >= 11 is 0. The molecule has 0 spiro atoms. The van der Waals surface area contributed by atoms with Gasteiger partial charge in [0.2, 0.25) is 5.88 Å². The van der Waals surface area contributed by atoms with Crippen molar-refractivity contribution in [3.63, 3.8) is 0 Å². The van der Waals surface area contributed by atoms with Crippen molar-refractivity contribution in [1.29, 1.82) is 0 Å². The number of H-pyrrole nitrogens is 1. The molecular formula is C13H19N5O. The van der Waals surface area contributed by atoms with E-state index in [0.717, 1.165) is 17.1 Å². The van der Waals surface area contributed by atoms with Gasteiger partial charge in [-0.3, -0.25) is 5.10 Å². The van der Waals surface area contributed by atoms with E-state index in [9.17, 15) is 0 Å². The lowest BCUT2D eigenvalue weighted by Gasteiger charge is -2.17. The van der Waals surface area contributed by atoms with Crippen LogP contribution in [0.3, 0.4) is 0 Å². The Bertz CT molecular complexity index is 571. The molecule has 0 unspecified atom stereocenters. The molecule has 2 rings (SSSR count). The van der Waals surface area contributed by atoms with Gasteiger partial charge >= 0.3 is 0 Å². The van der Waals surface area contributed by atoms with Crippen LogP contribution in [0.1, 0.15) is 25.4 Å². The van der Waals surface area contributed by atoms with Gasteiger partial charge in [-0.05, 0) is 26.8 Å². The predicted molar refractivity (Wildman–Crippen MR) is 72.9 cm³/mol. The van der Waals surface area contributed by atoms with Crippen LogP contribution in [0, 0.1) is 6.92 Å². The molecule has 0 fully saturated rings. The number of hydrogen-bond donors (Lipinski definition) is 2. The summed E-state index contributed by atoms with van der Waals surface area (Å²) in [4.78, 5) is 8.81. The lowest BCUT2D eigenvalue weighted by atomic mass is 10.0. The number of methoxy groups -OCH3 is 1.